The molecule has 0 fully saturated rings. The van der Waals surface area contributed by atoms with E-state index in [-0.39, 0.29) is 24.0 Å². The number of nitrogens with zero attached hydrogens (tertiary/aromatic N) is 1. The monoisotopic (exact) mass is 497 g/mol. The van der Waals surface area contributed by atoms with Gasteiger partial charge in [0, 0.05) is 19.6 Å². The summed E-state index contributed by atoms with van der Waals surface area (Å²) in [6, 6.07) is 13.4. The van der Waals surface area contributed by atoms with E-state index >= 15 is 0 Å². The maximum atomic E-state index is 9.32. The Kier molecular flexibility index (Phi) is 9.19. The maximum absolute atomic E-state index is 9.32. The highest BCUT2D eigenvalue weighted by atomic mass is 127. The van der Waals surface area contributed by atoms with Gasteiger partial charge in [0.1, 0.15) is 5.75 Å². The molecule has 28 heavy (non-hydrogen) atoms. The highest BCUT2D eigenvalue weighted by Crippen LogP contribution is 2.32. The van der Waals surface area contributed by atoms with Gasteiger partial charge in [-0.05, 0) is 61.6 Å². The SMILES string of the molecule is CCNC(=NCCCc1ccc(O)cc1)NCCc1ccc2c(c1)OCO2.I. The van der Waals surface area contributed by atoms with Crippen molar-refractivity contribution in [1.82, 2.24) is 10.6 Å². The molecule has 7 heteroatoms. The fourth-order valence-electron chi connectivity index (χ4n) is 2.90. The zero-order valence-corrected chi connectivity index (χ0v) is 18.4. The first-order chi connectivity index (χ1) is 13.2. The lowest BCUT2D eigenvalue weighted by Gasteiger charge is -2.11. The summed E-state index contributed by atoms with van der Waals surface area (Å²) >= 11 is 0. The van der Waals surface area contributed by atoms with E-state index < -0.39 is 0 Å². The predicted molar refractivity (Wildman–Crippen MR) is 122 cm³/mol. The average Bonchev–Trinajstić information content (AvgIpc) is 3.14. The summed E-state index contributed by atoms with van der Waals surface area (Å²) in [5.41, 5.74) is 2.42. The molecule has 6 nitrogen and oxygen atoms in total. The van der Waals surface area contributed by atoms with Crippen molar-refractivity contribution < 1.29 is 14.6 Å². The van der Waals surface area contributed by atoms with Gasteiger partial charge in [0.15, 0.2) is 17.5 Å². The lowest BCUT2D eigenvalue weighted by molar-refractivity contribution is 0.174. The van der Waals surface area contributed by atoms with E-state index in [0.717, 1.165) is 56.4 Å². The van der Waals surface area contributed by atoms with Crippen molar-refractivity contribution in [2.24, 2.45) is 4.99 Å². The smallest absolute Gasteiger partial charge is 0.231 e. The fraction of sp³-hybridized carbons (Fsp3) is 0.381. The number of halogens is 1. The van der Waals surface area contributed by atoms with E-state index in [9.17, 15) is 5.11 Å². The first kappa shape index (κ1) is 22.1. The number of aliphatic imine (C=N–C) groups is 1. The molecule has 3 N–H and O–H groups in total. The minimum Gasteiger partial charge on any atom is -0.508 e. The Hall–Kier alpha value is -2.16. The van der Waals surface area contributed by atoms with Gasteiger partial charge in [0.25, 0.3) is 0 Å². The van der Waals surface area contributed by atoms with Gasteiger partial charge in [-0.1, -0.05) is 18.2 Å². The van der Waals surface area contributed by atoms with Crippen LogP contribution in [0.3, 0.4) is 0 Å². The molecule has 1 heterocycles. The molecular weight excluding hydrogens is 469 g/mol. The Balaban J connectivity index is 0.00000280. The molecule has 0 radical (unpaired) electrons. The van der Waals surface area contributed by atoms with Crippen molar-refractivity contribution in [3.8, 4) is 17.2 Å². The molecule has 0 spiro atoms. The van der Waals surface area contributed by atoms with Crippen LogP contribution in [0.5, 0.6) is 17.2 Å². The lowest BCUT2D eigenvalue weighted by atomic mass is 10.1. The molecule has 0 amide bonds. The van der Waals surface area contributed by atoms with Crippen molar-refractivity contribution in [3.63, 3.8) is 0 Å². The number of benzene rings is 2. The Labute approximate surface area is 183 Å². The molecular formula is C21H28IN3O3. The zero-order chi connectivity index (χ0) is 18.9. The van der Waals surface area contributed by atoms with E-state index in [2.05, 4.69) is 28.6 Å². The van der Waals surface area contributed by atoms with E-state index in [1.165, 1.54) is 11.1 Å². The van der Waals surface area contributed by atoms with Crippen molar-refractivity contribution in [1.29, 1.82) is 0 Å². The Morgan fingerprint density at radius 3 is 2.54 bits per heavy atom. The molecule has 0 bridgehead atoms. The summed E-state index contributed by atoms with van der Waals surface area (Å²) in [6.45, 7) is 4.74. The largest absolute Gasteiger partial charge is 0.508 e. The molecule has 2 aromatic carbocycles. The van der Waals surface area contributed by atoms with E-state index in [4.69, 9.17) is 9.47 Å². The van der Waals surface area contributed by atoms with Crippen LogP contribution in [-0.4, -0.2) is 37.5 Å². The van der Waals surface area contributed by atoms with Gasteiger partial charge < -0.3 is 25.2 Å². The summed E-state index contributed by atoms with van der Waals surface area (Å²) in [5, 5.41) is 16.0. The minimum absolute atomic E-state index is 0. The van der Waals surface area contributed by atoms with Crippen molar-refractivity contribution in [3.05, 3.63) is 53.6 Å². The van der Waals surface area contributed by atoms with Crippen LogP contribution < -0.4 is 20.1 Å². The predicted octanol–water partition coefficient (Wildman–Crippen LogP) is 3.47. The molecule has 0 saturated carbocycles. The van der Waals surface area contributed by atoms with Crippen LogP contribution in [0.15, 0.2) is 47.5 Å². The molecule has 2 aromatic rings. The van der Waals surface area contributed by atoms with E-state index in [0.29, 0.717) is 12.5 Å². The number of aryl methyl sites for hydroxylation is 1. The average molecular weight is 497 g/mol. The third-order valence-electron chi connectivity index (χ3n) is 4.32. The van der Waals surface area contributed by atoms with Crippen molar-refractivity contribution in [2.45, 2.75) is 26.2 Å². The van der Waals surface area contributed by atoms with Crippen LogP contribution in [-0.2, 0) is 12.8 Å². The zero-order valence-electron chi connectivity index (χ0n) is 16.1. The molecule has 0 saturated heterocycles. The molecule has 1 aliphatic rings. The highest BCUT2D eigenvalue weighted by Gasteiger charge is 2.12. The summed E-state index contributed by atoms with van der Waals surface area (Å²) in [4.78, 5) is 4.64. The summed E-state index contributed by atoms with van der Waals surface area (Å²) in [7, 11) is 0. The number of phenols is 1. The number of fused-ring (bicyclic) bond motifs is 1. The third kappa shape index (κ3) is 6.78. The maximum Gasteiger partial charge on any atom is 0.231 e. The van der Waals surface area contributed by atoms with Gasteiger partial charge >= 0.3 is 0 Å². The summed E-state index contributed by atoms with van der Waals surface area (Å²) < 4.78 is 10.8. The Morgan fingerprint density at radius 1 is 1.00 bits per heavy atom. The second-order valence-electron chi connectivity index (χ2n) is 6.40. The molecule has 1 aliphatic heterocycles. The number of hydrogen-bond donors (Lipinski definition) is 3. The summed E-state index contributed by atoms with van der Waals surface area (Å²) in [6.07, 6.45) is 2.79. The molecule has 0 aliphatic carbocycles. The standard InChI is InChI=1S/C21H27N3O3.HI/c1-2-22-21(23-12-3-4-16-5-8-18(25)9-6-16)24-13-11-17-7-10-19-20(14-17)27-15-26-19;/h5-10,14,25H,2-4,11-13,15H2,1H3,(H2,22,23,24);1H. The first-order valence-corrected chi connectivity index (χ1v) is 9.43. The van der Waals surface area contributed by atoms with Crippen LogP contribution in [0.2, 0.25) is 0 Å². The van der Waals surface area contributed by atoms with Crippen LogP contribution in [0.25, 0.3) is 0 Å². The minimum atomic E-state index is 0. The van der Waals surface area contributed by atoms with E-state index in [1.807, 2.05) is 24.3 Å². The lowest BCUT2D eigenvalue weighted by Crippen LogP contribution is -2.38. The van der Waals surface area contributed by atoms with Crippen LogP contribution in [0, 0.1) is 0 Å². The number of aromatic hydroxyl groups is 1. The Morgan fingerprint density at radius 2 is 1.75 bits per heavy atom. The summed E-state index contributed by atoms with van der Waals surface area (Å²) in [5.74, 6) is 2.78. The molecule has 3 rings (SSSR count). The molecule has 0 unspecified atom stereocenters. The first-order valence-electron chi connectivity index (χ1n) is 9.43. The van der Waals surface area contributed by atoms with Gasteiger partial charge in [0.05, 0.1) is 0 Å². The van der Waals surface area contributed by atoms with E-state index in [1.54, 1.807) is 12.1 Å². The molecule has 0 atom stereocenters. The van der Waals surface area contributed by atoms with Gasteiger partial charge in [-0.15, -0.1) is 24.0 Å². The van der Waals surface area contributed by atoms with Crippen LogP contribution >= 0.6 is 24.0 Å². The fourth-order valence-corrected chi connectivity index (χ4v) is 2.90. The van der Waals surface area contributed by atoms with Crippen molar-refractivity contribution in [2.75, 3.05) is 26.4 Å². The number of phenolic OH excluding ortho intramolecular Hbond substituents is 1. The Bertz CT molecular complexity index is 766. The van der Waals surface area contributed by atoms with Crippen LogP contribution in [0.1, 0.15) is 24.5 Å². The molecule has 152 valence electrons. The quantitative estimate of drug-likeness (QED) is 0.226. The van der Waals surface area contributed by atoms with Crippen LogP contribution in [0.4, 0.5) is 0 Å². The van der Waals surface area contributed by atoms with Gasteiger partial charge in [-0.3, -0.25) is 4.99 Å². The van der Waals surface area contributed by atoms with Crippen molar-refractivity contribution >= 4 is 29.9 Å². The van der Waals surface area contributed by atoms with Gasteiger partial charge in [-0.25, -0.2) is 0 Å². The number of ether oxygens (including phenoxy) is 2. The normalized spacial score (nSPS) is 12.4. The topological polar surface area (TPSA) is 75.1 Å². The number of nitrogens with one attached hydrogen (secondary N) is 2. The van der Waals surface area contributed by atoms with Gasteiger partial charge in [-0.2, -0.15) is 0 Å². The molecule has 0 aromatic heterocycles. The number of guanidine groups is 1. The second kappa shape index (κ2) is 11.6. The number of hydrogen-bond acceptors (Lipinski definition) is 4. The highest BCUT2D eigenvalue weighted by molar-refractivity contribution is 14.0. The number of rotatable bonds is 8. The van der Waals surface area contributed by atoms with Gasteiger partial charge in [0.2, 0.25) is 6.79 Å². The third-order valence-corrected chi connectivity index (χ3v) is 4.32. The second-order valence-corrected chi connectivity index (χ2v) is 6.40.